The van der Waals surface area contributed by atoms with Crippen molar-refractivity contribution in [2.75, 3.05) is 6.54 Å². The topological polar surface area (TPSA) is 12.0 Å². The summed E-state index contributed by atoms with van der Waals surface area (Å²) in [5.74, 6) is 2.65. The molecular weight excluding hydrogens is 194 g/mol. The van der Waals surface area contributed by atoms with E-state index in [4.69, 9.17) is 6.42 Å². The highest BCUT2D eigenvalue weighted by Gasteiger charge is 2.15. The van der Waals surface area contributed by atoms with Gasteiger partial charge in [-0.2, -0.15) is 0 Å². The zero-order valence-electron chi connectivity index (χ0n) is 10.3. The van der Waals surface area contributed by atoms with Crippen LogP contribution in [0, 0.1) is 12.3 Å². The van der Waals surface area contributed by atoms with Crippen LogP contribution in [0.1, 0.15) is 32.3 Å². The smallest absolute Gasteiger partial charge is 0.0212 e. The highest BCUT2D eigenvalue weighted by molar-refractivity contribution is 5.15. The molecule has 0 saturated carbocycles. The molecule has 0 unspecified atom stereocenters. The van der Waals surface area contributed by atoms with Gasteiger partial charge in [-0.05, 0) is 32.3 Å². The first-order valence-corrected chi connectivity index (χ1v) is 5.86. The summed E-state index contributed by atoms with van der Waals surface area (Å²) >= 11 is 0. The molecule has 0 saturated heterocycles. The average molecular weight is 215 g/mol. The first-order chi connectivity index (χ1) is 7.64. The van der Waals surface area contributed by atoms with Gasteiger partial charge in [0.05, 0.1) is 0 Å². The van der Waals surface area contributed by atoms with E-state index in [1.165, 1.54) is 5.56 Å². The molecule has 1 rings (SSSR count). The van der Waals surface area contributed by atoms with E-state index >= 15 is 0 Å². The van der Waals surface area contributed by atoms with E-state index in [0.717, 1.165) is 25.8 Å². The Bertz CT molecular complexity index is 332. The van der Waals surface area contributed by atoms with E-state index in [0.29, 0.717) is 0 Å². The van der Waals surface area contributed by atoms with Crippen molar-refractivity contribution < 1.29 is 0 Å². The second-order valence-electron chi connectivity index (χ2n) is 4.75. The lowest BCUT2D eigenvalue weighted by molar-refractivity contribution is 0.367. The van der Waals surface area contributed by atoms with E-state index in [1.54, 1.807) is 0 Å². The summed E-state index contributed by atoms with van der Waals surface area (Å²) in [4.78, 5) is 0. The van der Waals surface area contributed by atoms with E-state index in [1.807, 2.05) is 0 Å². The molecule has 1 heteroatoms. The van der Waals surface area contributed by atoms with Gasteiger partial charge < -0.3 is 5.32 Å². The minimum atomic E-state index is 0.159. The third-order valence-electron chi connectivity index (χ3n) is 2.75. The molecule has 0 spiro atoms. The number of hydrogen-bond acceptors (Lipinski definition) is 1. The van der Waals surface area contributed by atoms with E-state index < -0.39 is 0 Å². The largest absolute Gasteiger partial charge is 0.311 e. The van der Waals surface area contributed by atoms with Gasteiger partial charge in [-0.1, -0.05) is 30.3 Å². The molecule has 0 fully saturated rings. The lowest BCUT2D eigenvalue weighted by atomic mass is 9.95. The van der Waals surface area contributed by atoms with Crippen LogP contribution in [0.4, 0.5) is 0 Å². The van der Waals surface area contributed by atoms with Crippen LogP contribution < -0.4 is 5.32 Å². The van der Waals surface area contributed by atoms with Crippen molar-refractivity contribution in [1.29, 1.82) is 0 Å². The monoisotopic (exact) mass is 215 g/mol. The maximum atomic E-state index is 5.23. The second-order valence-corrected chi connectivity index (χ2v) is 4.75. The number of aryl methyl sites for hydroxylation is 1. The lowest BCUT2D eigenvalue weighted by Crippen LogP contribution is -2.40. The van der Waals surface area contributed by atoms with Crippen LogP contribution in [0.5, 0.6) is 0 Å². The summed E-state index contributed by atoms with van der Waals surface area (Å²) in [5, 5.41) is 3.49. The van der Waals surface area contributed by atoms with Gasteiger partial charge in [0.15, 0.2) is 0 Å². The quantitative estimate of drug-likeness (QED) is 0.568. The van der Waals surface area contributed by atoms with Gasteiger partial charge in [0.25, 0.3) is 0 Å². The third-order valence-corrected chi connectivity index (χ3v) is 2.75. The Morgan fingerprint density at radius 1 is 1.25 bits per heavy atom. The Morgan fingerprint density at radius 3 is 2.56 bits per heavy atom. The van der Waals surface area contributed by atoms with Crippen LogP contribution >= 0.6 is 0 Å². The van der Waals surface area contributed by atoms with Crippen LogP contribution in [0.3, 0.4) is 0 Å². The van der Waals surface area contributed by atoms with Crippen molar-refractivity contribution in [3.05, 3.63) is 35.9 Å². The average Bonchev–Trinajstić information content (AvgIpc) is 2.28. The van der Waals surface area contributed by atoms with E-state index in [2.05, 4.69) is 55.4 Å². The predicted octanol–water partition coefficient (Wildman–Crippen LogP) is 3.01. The summed E-state index contributed by atoms with van der Waals surface area (Å²) < 4.78 is 0. The second kappa shape index (κ2) is 6.35. The first-order valence-electron chi connectivity index (χ1n) is 5.86. The molecule has 1 N–H and O–H groups in total. The number of terminal acetylenes is 1. The van der Waals surface area contributed by atoms with E-state index in [9.17, 15) is 0 Å². The van der Waals surface area contributed by atoms with Gasteiger partial charge in [-0.15, -0.1) is 12.3 Å². The molecule has 0 aliphatic heterocycles. The molecule has 0 aliphatic carbocycles. The van der Waals surface area contributed by atoms with E-state index in [-0.39, 0.29) is 5.54 Å². The maximum absolute atomic E-state index is 5.23. The molecule has 1 aromatic rings. The van der Waals surface area contributed by atoms with Crippen LogP contribution in [-0.4, -0.2) is 12.1 Å². The minimum absolute atomic E-state index is 0.159. The van der Waals surface area contributed by atoms with Gasteiger partial charge in [0.2, 0.25) is 0 Å². The van der Waals surface area contributed by atoms with Gasteiger partial charge in [-0.3, -0.25) is 0 Å². The van der Waals surface area contributed by atoms with Crippen molar-refractivity contribution in [2.45, 2.75) is 38.6 Å². The van der Waals surface area contributed by atoms with Gasteiger partial charge >= 0.3 is 0 Å². The fourth-order valence-corrected chi connectivity index (χ4v) is 1.66. The predicted molar refractivity (Wildman–Crippen MR) is 70.3 cm³/mol. The number of hydrogen-bond donors (Lipinski definition) is 1. The molecule has 86 valence electrons. The third kappa shape index (κ3) is 5.00. The molecule has 0 aromatic heterocycles. The lowest BCUT2D eigenvalue weighted by Gasteiger charge is -2.26. The highest BCUT2D eigenvalue weighted by atomic mass is 14.9. The van der Waals surface area contributed by atoms with Crippen LogP contribution in [0.2, 0.25) is 0 Å². The van der Waals surface area contributed by atoms with Gasteiger partial charge in [0, 0.05) is 18.5 Å². The summed E-state index contributed by atoms with van der Waals surface area (Å²) in [6, 6.07) is 10.6. The molecule has 0 atom stereocenters. The molecule has 16 heavy (non-hydrogen) atoms. The number of nitrogens with one attached hydrogen (secondary N) is 1. The molecule has 0 aliphatic rings. The molecule has 0 amide bonds. The Kier molecular flexibility index (Phi) is 5.08. The molecular formula is C15H21N. The summed E-state index contributed by atoms with van der Waals surface area (Å²) in [6.45, 7) is 5.36. The zero-order valence-corrected chi connectivity index (χ0v) is 10.3. The summed E-state index contributed by atoms with van der Waals surface area (Å²) in [6.07, 6.45) is 8.27. The Labute approximate surface area is 99.3 Å². The zero-order chi connectivity index (χ0) is 11.9. The van der Waals surface area contributed by atoms with Gasteiger partial charge in [0.1, 0.15) is 0 Å². The molecule has 1 aromatic carbocycles. The Hall–Kier alpha value is -1.26. The molecule has 0 heterocycles. The maximum Gasteiger partial charge on any atom is 0.0212 e. The molecule has 0 radical (unpaired) electrons. The van der Waals surface area contributed by atoms with Crippen LogP contribution in [0.15, 0.2) is 30.3 Å². The normalized spacial score (nSPS) is 11.1. The van der Waals surface area contributed by atoms with Crippen molar-refractivity contribution in [2.24, 2.45) is 0 Å². The van der Waals surface area contributed by atoms with Crippen LogP contribution in [-0.2, 0) is 6.42 Å². The van der Waals surface area contributed by atoms with Crippen LogP contribution in [0.25, 0.3) is 0 Å². The van der Waals surface area contributed by atoms with Crippen molar-refractivity contribution in [3.63, 3.8) is 0 Å². The fourth-order valence-electron chi connectivity index (χ4n) is 1.66. The highest BCUT2D eigenvalue weighted by Crippen LogP contribution is 2.13. The van der Waals surface area contributed by atoms with Gasteiger partial charge in [-0.25, -0.2) is 0 Å². The number of rotatable bonds is 6. The Balaban J connectivity index is 2.33. The SMILES string of the molecule is C#CCCNC(C)(C)CCc1ccccc1. The van der Waals surface area contributed by atoms with Crippen molar-refractivity contribution in [1.82, 2.24) is 5.32 Å². The summed E-state index contributed by atoms with van der Waals surface area (Å²) in [5.41, 5.74) is 1.56. The molecule has 0 bridgehead atoms. The number of benzene rings is 1. The summed E-state index contributed by atoms with van der Waals surface area (Å²) in [7, 11) is 0. The fraction of sp³-hybridized carbons (Fsp3) is 0.467. The van der Waals surface area contributed by atoms with Crippen molar-refractivity contribution >= 4 is 0 Å². The first kappa shape index (κ1) is 12.8. The Morgan fingerprint density at radius 2 is 1.94 bits per heavy atom. The molecule has 1 nitrogen and oxygen atoms in total. The standard InChI is InChI=1S/C15H21N/c1-4-5-13-16-15(2,3)12-11-14-9-7-6-8-10-14/h1,6-10,16H,5,11-13H2,2-3H3. The minimum Gasteiger partial charge on any atom is -0.311 e. The van der Waals surface area contributed by atoms with Crippen molar-refractivity contribution in [3.8, 4) is 12.3 Å².